The summed E-state index contributed by atoms with van der Waals surface area (Å²) in [6, 6.07) is 0. The number of rotatable bonds is 3. The fraction of sp³-hybridized carbons (Fsp3) is 1.00. The van der Waals surface area contributed by atoms with Gasteiger partial charge in [-0.1, -0.05) is 0 Å². The molecule has 1 saturated heterocycles. The van der Waals surface area contributed by atoms with E-state index in [4.69, 9.17) is 0 Å². The molecular formula is C12H24Bi3N3. The van der Waals surface area contributed by atoms with Crippen LogP contribution < -0.4 is 3.61 Å². The molecule has 4 rings (SSSR count). The van der Waals surface area contributed by atoms with Gasteiger partial charge in [0.1, 0.15) is 0 Å². The molecular weight excluding hydrogens is 813 g/mol. The molecule has 0 aromatic rings. The molecule has 102 valence electrons. The standard InChI is InChI=1S/3C4H7.3Bi.3HN/c3*1-2-4-3-1;;;;;;/h3*1H,2-4H2;;;;3*1H. The van der Waals surface area contributed by atoms with E-state index in [9.17, 15) is 0 Å². The first kappa shape index (κ1) is 14.1. The van der Waals surface area contributed by atoms with E-state index in [-0.39, 0.29) is 0 Å². The second-order valence-electron chi connectivity index (χ2n) is 6.16. The van der Waals surface area contributed by atoms with Gasteiger partial charge in [-0.25, -0.2) is 0 Å². The van der Waals surface area contributed by atoms with Crippen LogP contribution in [0.3, 0.4) is 0 Å². The topological polar surface area (TPSA) is 36.1 Å². The van der Waals surface area contributed by atoms with Crippen LogP contribution in [0.4, 0.5) is 0 Å². The van der Waals surface area contributed by atoms with Gasteiger partial charge in [0.05, 0.1) is 0 Å². The Morgan fingerprint density at radius 1 is 0.500 bits per heavy atom. The van der Waals surface area contributed by atoms with Crippen molar-refractivity contribution in [2.45, 2.75) is 68.7 Å². The summed E-state index contributed by atoms with van der Waals surface area (Å²) in [5.74, 6) is 0. The van der Waals surface area contributed by atoms with Crippen molar-refractivity contribution in [1.29, 1.82) is 0 Å². The third-order valence-corrected chi connectivity index (χ3v) is 68.6. The molecule has 0 radical (unpaired) electrons. The van der Waals surface area contributed by atoms with E-state index >= 15 is 0 Å². The van der Waals surface area contributed by atoms with Crippen molar-refractivity contribution in [2.75, 3.05) is 0 Å². The summed E-state index contributed by atoms with van der Waals surface area (Å²) in [7, 11) is 0. The van der Waals surface area contributed by atoms with Crippen LogP contribution in [-0.4, -0.2) is 67.0 Å². The Kier molecular flexibility index (Phi) is 4.98. The second-order valence-corrected chi connectivity index (χ2v) is 46.1. The number of hydrogen-bond acceptors (Lipinski definition) is 3. The molecule has 0 unspecified atom stereocenters. The third kappa shape index (κ3) is 2.87. The summed E-state index contributed by atoms with van der Waals surface area (Å²) in [6.45, 7) is 0. The molecule has 1 aliphatic heterocycles. The Hall–Kier alpha value is 2.53. The average molecular weight is 837 g/mol. The fourth-order valence-electron chi connectivity index (χ4n) is 2.84. The summed E-state index contributed by atoms with van der Waals surface area (Å²) >= 11 is -4.18. The molecule has 4 fully saturated rings. The molecule has 0 spiro atoms. The van der Waals surface area contributed by atoms with Crippen LogP contribution in [0.5, 0.6) is 0 Å². The summed E-state index contributed by atoms with van der Waals surface area (Å²) in [4.78, 5) is 0. The Bertz CT molecular complexity index is 251. The second kappa shape index (κ2) is 6.34. The predicted octanol–water partition coefficient (Wildman–Crippen LogP) is 1.90. The van der Waals surface area contributed by atoms with Gasteiger partial charge >= 0.3 is 139 Å². The Morgan fingerprint density at radius 2 is 0.778 bits per heavy atom. The summed E-state index contributed by atoms with van der Waals surface area (Å²) in [5.41, 5.74) is 0. The van der Waals surface area contributed by atoms with Crippen LogP contribution in [0.25, 0.3) is 0 Å². The van der Waals surface area contributed by atoms with Gasteiger partial charge in [-0.2, -0.15) is 0 Å². The van der Waals surface area contributed by atoms with Gasteiger partial charge in [0.2, 0.25) is 0 Å². The maximum absolute atomic E-state index is 4.33. The van der Waals surface area contributed by atoms with Crippen molar-refractivity contribution in [3.8, 4) is 0 Å². The zero-order valence-electron chi connectivity index (χ0n) is 10.9. The van der Waals surface area contributed by atoms with Crippen molar-refractivity contribution >= 4 is 67.0 Å². The zero-order chi connectivity index (χ0) is 11.9. The summed E-state index contributed by atoms with van der Waals surface area (Å²) < 4.78 is 16.6. The van der Waals surface area contributed by atoms with Gasteiger partial charge in [-0.3, -0.25) is 0 Å². The van der Waals surface area contributed by atoms with Crippen molar-refractivity contribution in [3.63, 3.8) is 0 Å². The van der Waals surface area contributed by atoms with Crippen LogP contribution in [0.1, 0.15) is 57.8 Å². The summed E-state index contributed by atoms with van der Waals surface area (Å²) in [6.07, 6.45) is 14.1. The minimum atomic E-state index is -1.39. The van der Waals surface area contributed by atoms with Crippen LogP contribution in [0.2, 0.25) is 10.9 Å². The van der Waals surface area contributed by atoms with Crippen molar-refractivity contribution in [3.05, 3.63) is 0 Å². The van der Waals surface area contributed by atoms with Crippen LogP contribution >= 0.6 is 0 Å². The molecule has 0 bridgehead atoms. The Labute approximate surface area is 137 Å². The molecule has 4 aliphatic rings. The Morgan fingerprint density at radius 3 is 0.944 bits per heavy atom. The molecule has 1 heterocycles. The first-order chi connectivity index (χ1) is 8.90. The first-order valence-corrected chi connectivity index (χ1v) is 24.0. The summed E-state index contributed by atoms with van der Waals surface area (Å²) in [5, 5.41) is 0. The van der Waals surface area contributed by atoms with Crippen LogP contribution in [-0.2, 0) is 0 Å². The molecule has 0 atom stereocenters. The van der Waals surface area contributed by atoms with E-state index in [1.165, 1.54) is 10.9 Å². The minimum absolute atomic E-state index is 1.21. The molecule has 18 heavy (non-hydrogen) atoms. The number of hydrogen-bond donors (Lipinski definition) is 3. The van der Waals surface area contributed by atoms with E-state index in [0.717, 1.165) is 0 Å². The van der Waals surface area contributed by atoms with Crippen molar-refractivity contribution < 1.29 is 0 Å². The van der Waals surface area contributed by atoms with Gasteiger partial charge < -0.3 is 0 Å². The first-order valence-electron chi connectivity index (χ1n) is 7.57. The normalized spacial score (nSPS) is 34.0. The SMILES string of the molecule is C1C[CH]([Bi]2[NH][Bi]([CH]3CCC3)[NH][Bi]([CH]3CCC3)[NH]2)C1. The molecule has 3 N–H and O–H groups in total. The molecule has 3 aliphatic carbocycles. The van der Waals surface area contributed by atoms with Gasteiger partial charge in [0, 0.05) is 0 Å². The molecule has 0 aromatic carbocycles. The van der Waals surface area contributed by atoms with E-state index in [2.05, 4.69) is 3.61 Å². The maximum atomic E-state index is 4.33. The molecule has 0 amide bonds. The van der Waals surface area contributed by atoms with Gasteiger partial charge in [-0.15, -0.1) is 0 Å². The number of nitrogens with one attached hydrogen (secondary N) is 3. The van der Waals surface area contributed by atoms with Gasteiger partial charge in [0.25, 0.3) is 0 Å². The van der Waals surface area contributed by atoms with Crippen molar-refractivity contribution in [1.82, 2.24) is 3.61 Å². The van der Waals surface area contributed by atoms with Gasteiger partial charge in [0.15, 0.2) is 0 Å². The van der Waals surface area contributed by atoms with E-state index in [1.807, 2.05) is 0 Å². The van der Waals surface area contributed by atoms with Gasteiger partial charge in [-0.05, 0) is 0 Å². The molecule has 6 heteroatoms. The van der Waals surface area contributed by atoms with E-state index in [0.29, 0.717) is 0 Å². The van der Waals surface area contributed by atoms with Crippen molar-refractivity contribution in [2.24, 2.45) is 0 Å². The molecule has 0 aromatic heterocycles. The fourth-order valence-corrected chi connectivity index (χ4v) is 122. The van der Waals surface area contributed by atoms with Crippen LogP contribution in [0.15, 0.2) is 0 Å². The molecule has 3 saturated carbocycles. The Balaban J connectivity index is 1.43. The van der Waals surface area contributed by atoms with E-state index in [1.54, 1.807) is 57.8 Å². The quantitative estimate of drug-likeness (QED) is 0.381. The monoisotopic (exact) mass is 837 g/mol. The third-order valence-electron chi connectivity index (χ3n) is 4.97. The molecule has 3 nitrogen and oxygen atoms in total. The van der Waals surface area contributed by atoms with E-state index < -0.39 is 67.0 Å². The van der Waals surface area contributed by atoms with Crippen LogP contribution in [0, 0.1) is 0 Å². The average Bonchev–Trinajstić information content (AvgIpc) is 2.08. The zero-order valence-corrected chi connectivity index (χ0v) is 21.4. The predicted molar refractivity (Wildman–Crippen MR) is 79.5 cm³/mol.